The summed E-state index contributed by atoms with van der Waals surface area (Å²) in [5.41, 5.74) is 7.81. The van der Waals surface area contributed by atoms with E-state index >= 15 is 0 Å². The number of aromatic nitrogens is 3. The molecule has 3 N–H and O–H groups in total. The van der Waals surface area contributed by atoms with Gasteiger partial charge in [0.2, 0.25) is 5.95 Å². The SMILES string of the molecule is Nc1ncc(CN[C@H]2C[C@@H]2c2ccc(-c3cccc(C(F)(F)F)c3)nc2)cn1. The first-order chi connectivity index (χ1) is 13.4. The third kappa shape index (κ3) is 4.12. The number of nitrogens with two attached hydrogens (primary N) is 1. The van der Waals surface area contributed by atoms with Crippen LogP contribution in [0.5, 0.6) is 0 Å². The van der Waals surface area contributed by atoms with Crippen molar-refractivity contribution in [1.29, 1.82) is 0 Å². The van der Waals surface area contributed by atoms with Gasteiger partial charge in [0, 0.05) is 48.2 Å². The zero-order valence-electron chi connectivity index (χ0n) is 14.8. The van der Waals surface area contributed by atoms with Gasteiger partial charge in [-0.3, -0.25) is 4.98 Å². The van der Waals surface area contributed by atoms with Gasteiger partial charge in [-0.15, -0.1) is 0 Å². The van der Waals surface area contributed by atoms with Gasteiger partial charge in [-0.25, -0.2) is 9.97 Å². The van der Waals surface area contributed by atoms with Crippen LogP contribution in [-0.4, -0.2) is 21.0 Å². The molecule has 1 aromatic carbocycles. The highest BCUT2D eigenvalue weighted by atomic mass is 19.4. The highest BCUT2D eigenvalue weighted by Gasteiger charge is 2.38. The van der Waals surface area contributed by atoms with Crippen molar-refractivity contribution in [3.8, 4) is 11.3 Å². The molecule has 1 aliphatic carbocycles. The molecule has 2 atom stereocenters. The topological polar surface area (TPSA) is 76.7 Å². The van der Waals surface area contributed by atoms with Crippen LogP contribution in [0, 0.1) is 0 Å². The number of anilines is 1. The van der Waals surface area contributed by atoms with Gasteiger partial charge >= 0.3 is 6.18 Å². The molecule has 0 radical (unpaired) electrons. The number of benzene rings is 1. The minimum Gasteiger partial charge on any atom is -0.368 e. The van der Waals surface area contributed by atoms with Gasteiger partial charge < -0.3 is 11.1 Å². The van der Waals surface area contributed by atoms with Crippen molar-refractivity contribution in [2.75, 3.05) is 5.73 Å². The molecule has 4 rings (SSSR count). The number of nitrogens with one attached hydrogen (secondary N) is 1. The van der Waals surface area contributed by atoms with Gasteiger partial charge in [0.25, 0.3) is 0 Å². The van der Waals surface area contributed by atoms with Crippen molar-refractivity contribution < 1.29 is 13.2 Å². The summed E-state index contributed by atoms with van der Waals surface area (Å²) >= 11 is 0. The van der Waals surface area contributed by atoms with E-state index in [1.54, 1.807) is 30.7 Å². The molecule has 144 valence electrons. The Hall–Kier alpha value is -3.00. The molecule has 2 heterocycles. The number of pyridine rings is 1. The maximum atomic E-state index is 12.9. The van der Waals surface area contributed by atoms with Crippen molar-refractivity contribution in [1.82, 2.24) is 20.3 Å². The Morgan fingerprint density at radius 3 is 2.50 bits per heavy atom. The van der Waals surface area contributed by atoms with Crippen LogP contribution in [0.15, 0.2) is 55.0 Å². The third-order valence-corrected chi connectivity index (χ3v) is 4.78. The zero-order chi connectivity index (χ0) is 19.7. The first-order valence-electron chi connectivity index (χ1n) is 8.83. The standard InChI is InChI=1S/C20H18F3N5/c21-20(22,23)15-3-1-2-13(6-15)17-5-4-14(11-26-17)16-7-18(16)25-8-12-9-27-19(24)28-10-12/h1-6,9-11,16,18,25H,7-8H2,(H2,24,27,28)/t16-,18+/m1/s1. The summed E-state index contributed by atoms with van der Waals surface area (Å²) in [6.45, 7) is 0.650. The van der Waals surface area contributed by atoms with E-state index in [-0.39, 0.29) is 5.95 Å². The Morgan fingerprint density at radius 2 is 1.82 bits per heavy atom. The second-order valence-corrected chi connectivity index (χ2v) is 6.83. The van der Waals surface area contributed by atoms with Crippen LogP contribution in [0.1, 0.15) is 29.0 Å². The van der Waals surface area contributed by atoms with Crippen molar-refractivity contribution in [3.05, 3.63) is 71.7 Å². The first kappa shape index (κ1) is 18.4. The predicted octanol–water partition coefficient (Wildman–Crippen LogP) is 3.79. The molecule has 5 nitrogen and oxygen atoms in total. The molecule has 1 fully saturated rings. The molecule has 28 heavy (non-hydrogen) atoms. The second kappa shape index (κ2) is 7.20. The molecule has 3 aromatic rings. The number of hydrogen-bond acceptors (Lipinski definition) is 5. The number of rotatable bonds is 5. The normalized spacial score (nSPS) is 18.8. The van der Waals surface area contributed by atoms with Crippen LogP contribution >= 0.6 is 0 Å². The lowest BCUT2D eigenvalue weighted by Crippen LogP contribution is -2.17. The Morgan fingerprint density at radius 1 is 1.04 bits per heavy atom. The Labute approximate surface area is 159 Å². The average Bonchev–Trinajstić information content (AvgIpc) is 3.47. The van der Waals surface area contributed by atoms with E-state index in [0.717, 1.165) is 29.7 Å². The number of nitrogens with zero attached hydrogens (tertiary/aromatic N) is 3. The minimum absolute atomic E-state index is 0.250. The summed E-state index contributed by atoms with van der Waals surface area (Å²) in [5, 5.41) is 3.44. The lowest BCUT2D eigenvalue weighted by Gasteiger charge is -2.09. The smallest absolute Gasteiger partial charge is 0.368 e. The van der Waals surface area contributed by atoms with E-state index in [1.807, 2.05) is 6.07 Å². The van der Waals surface area contributed by atoms with Gasteiger partial charge in [0.1, 0.15) is 0 Å². The zero-order valence-corrected chi connectivity index (χ0v) is 14.8. The largest absolute Gasteiger partial charge is 0.416 e. The Bertz CT molecular complexity index is 955. The molecule has 8 heteroatoms. The van der Waals surface area contributed by atoms with E-state index in [9.17, 15) is 13.2 Å². The van der Waals surface area contributed by atoms with Crippen LogP contribution in [0.4, 0.5) is 19.1 Å². The Kier molecular flexibility index (Phi) is 4.72. The predicted molar refractivity (Wildman–Crippen MR) is 99.1 cm³/mol. The van der Waals surface area contributed by atoms with Gasteiger partial charge in [0.05, 0.1) is 11.3 Å². The second-order valence-electron chi connectivity index (χ2n) is 6.83. The summed E-state index contributed by atoms with van der Waals surface area (Å²) in [7, 11) is 0. The van der Waals surface area contributed by atoms with E-state index < -0.39 is 11.7 Å². The van der Waals surface area contributed by atoms with Gasteiger partial charge in [-0.1, -0.05) is 18.2 Å². The number of halogens is 3. The fourth-order valence-corrected chi connectivity index (χ4v) is 3.14. The molecular weight excluding hydrogens is 367 g/mol. The van der Waals surface area contributed by atoms with Gasteiger partial charge in [-0.05, 0) is 30.2 Å². The molecule has 1 aliphatic rings. The van der Waals surface area contributed by atoms with Crippen LogP contribution in [0.2, 0.25) is 0 Å². The molecule has 0 spiro atoms. The summed E-state index contributed by atoms with van der Waals surface area (Å²) in [5.74, 6) is 0.595. The molecule has 0 bridgehead atoms. The number of nitrogen functional groups attached to an aromatic ring is 1. The first-order valence-corrected chi connectivity index (χ1v) is 8.83. The average molecular weight is 385 g/mol. The molecule has 0 amide bonds. The van der Waals surface area contributed by atoms with E-state index in [1.165, 1.54) is 6.07 Å². The highest BCUT2D eigenvalue weighted by molar-refractivity contribution is 5.60. The maximum Gasteiger partial charge on any atom is 0.416 e. The molecule has 1 saturated carbocycles. The summed E-state index contributed by atoms with van der Waals surface area (Å²) in [6, 6.07) is 9.25. The lowest BCUT2D eigenvalue weighted by molar-refractivity contribution is -0.137. The van der Waals surface area contributed by atoms with E-state index in [0.29, 0.717) is 29.8 Å². The van der Waals surface area contributed by atoms with Gasteiger partial charge in [-0.2, -0.15) is 13.2 Å². The molecule has 0 unspecified atom stereocenters. The van der Waals surface area contributed by atoms with Crippen LogP contribution < -0.4 is 11.1 Å². The van der Waals surface area contributed by atoms with E-state index in [2.05, 4.69) is 20.3 Å². The van der Waals surface area contributed by atoms with Crippen molar-refractivity contribution in [3.63, 3.8) is 0 Å². The van der Waals surface area contributed by atoms with Gasteiger partial charge in [0.15, 0.2) is 0 Å². The summed E-state index contributed by atoms with van der Waals surface area (Å²) in [6.07, 6.45) is 1.75. The third-order valence-electron chi connectivity index (χ3n) is 4.78. The minimum atomic E-state index is -4.36. The van der Waals surface area contributed by atoms with E-state index in [4.69, 9.17) is 5.73 Å². The summed E-state index contributed by atoms with van der Waals surface area (Å²) in [4.78, 5) is 12.3. The summed E-state index contributed by atoms with van der Waals surface area (Å²) < 4.78 is 38.6. The fraction of sp³-hybridized carbons (Fsp3) is 0.250. The van der Waals surface area contributed by atoms with Crippen molar-refractivity contribution in [2.45, 2.75) is 31.1 Å². The van der Waals surface area contributed by atoms with Crippen LogP contribution in [-0.2, 0) is 12.7 Å². The Balaban J connectivity index is 1.38. The number of hydrogen-bond donors (Lipinski definition) is 2. The molecule has 0 saturated heterocycles. The number of alkyl halides is 3. The quantitative estimate of drug-likeness (QED) is 0.699. The van der Waals surface area contributed by atoms with Crippen LogP contribution in [0.25, 0.3) is 11.3 Å². The molecular formula is C20H18F3N5. The fourth-order valence-electron chi connectivity index (χ4n) is 3.14. The monoisotopic (exact) mass is 385 g/mol. The molecule has 0 aliphatic heterocycles. The lowest BCUT2D eigenvalue weighted by atomic mass is 10.1. The van der Waals surface area contributed by atoms with Crippen molar-refractivity contribution in [2.24, 2.45) is 0 Å². The maximum absolute atomic E-state index is 12.9. The van der Waals surface area contributed by atoms with Crippen molar-refractivity contribution >= 4 is 5.95 Å². The molecule has 2 aromatic heterocycles. The van der Waals surface area contributed by atoms with Crippen LogP contribution in [0.3, 0.4) is 0 Å². The highest BCUT2D eigenvalue weighted by Crippen LogP contribution is 2.41.